The second kappa shape index (κ2) is 6.61. The van der Waals surface area contributed by atoms with E-state index in [-0.39, 0.29) is 19.1 Å². The zero-order valence-corrected chi connectivity index (χ0v) is 11.7. The van der Waals surface area contributed by atoms with Crippen molar-refractivity contribution in [1.29, 1.82) is 0 Å². The van der Waals surface area contributed by atoms with Crippen molar-refractivity contribution in [3.63, 3.8) is 0 Å². The number of carboxylic acid groups (broad SMARTS) is 1. The molecule has 1 atom stereocenters. The topological polar surface area (TPSA) is 66.8 Å². The standard InChI is InChI=1S/C14H16ClNO4/c15-11-4-1-5-12(7-11)20-9-13(17)16-6-2-3-10(8-16)14(18)19/h1,4-5,7,10H,2-3,6,8-9H2,(H,18,19). The third-order valence-electron chi connectivity index (χ3n) is 3.28. The number of aliphatic carboxylic acids is 1. The van der Waals surface area contributed by atoms with Crippen molar-refractivity contribution in [2.45, 2.75) is 12.8 Å². The molecule has 0 saturated carbocycles. The predicted molar refractivity (Wildman–Crippen MR) is 73.9 cm³/mol. The summed E-state index contributed by atoms with van der Waals surface area (Å²) in [5, 5.41) is 9.53. The highest BCUT2D eigenvalue weighted by Crippen LogP contribution is 2.19. The van der Waals surface area contributed by atoms with Gasteiger partial charge in [0.1, 0.15) is 5.75 Å². The summed E-state index contributed by atoms with van der Waals surface area (Å²) < 4.78 is 5.37. The fourth-order valence-corrected chi connectivity index (χ4v) is 2.38. The van der Waals surface area contributed by atoms with Gasteiger partial charge in [-0.15, -0.1) is 0 Å². The van der Waals surface area contributed by atoms with Gasteiger partial charge in [0.25, 0.3) is 5.91 Å². The Labute approximate surface area is 122 Å². The Bertz CT molecular complexity index is 506. The molecular formula is C14H16ClNO4. The van der Waals surface area contributed by atoms with Gasteiger partial charge in [-0.2, -0.15) is 0 Å². The second-order valence-electron chi connectivity index (χ2n) is 4.76. The van der Waals surface area contributed by atoms with Gasteiger partial charge in [0.05, 0.1) is 5.92 Å². The number of benzene rings is 1. The van der Waals surface area contributed by atoms with E-state index >= 15 is 0 Å². The van der Waals surface area contributed by atoms with Crippen LogP contribution in [-0.4, -0.2) is 41.6 Å². The van der Waals surface area contributed by atoms with E-state index in [0.717, 1.165) is 0 Å². The molecule has 1 amide bonds. The predicted octanol–water partition coefficient (Wildman–Crippen LogP) is 2.04. The molecule has 1 aliphatic heterocycles. The van der Waals surface area contributed by atoms with Gasteiger partial charge >= 0.3 is 5.97 Å². The molecular weight excluding hydrogens is 282 g/mol. The third kappa shape index (κ3) is 3.87. The summed E-state index contributed by atoms with van der Waals surface area (Å²) in [7, 11) is 0. The van der Waals surface area contributed by atoms with Crippen LogP contribution in [0.25, 0.3) is 0 Å². The molecule has 1 fully saturated rings. The van der Waals surface area contributed by atoms with Crippen LogP contribution in [0.2, 0.25) is 5.02 Å². The van der Waals surface area contributed by atoms with Gasteiger partial charge in [-0.05, 0) is 31.0 Å². The fourth-order valence-electron chi connectivity index (χ4n) is 2.20. The zero-order valence-electron chi connectivity index (χ0n) is 10.9. The number of rotatable bonds is 4. The number of amides is 1. The average Bonchev–Trinajstić information content (AvgIpc) is 2.45. The molecule has 2 rings (SSSR count). The molecule has 1 heterocycles. The van der Waals surface area contributed by atoms with Gasteiger partial charge in [-0.25, -0.2) is 0 Å². The maximum atomic E-state index is 12.0. The summed E-state index contributed by atoms with van der Waals surface area (Å²) >= 11 is 5.82. The highest BCUT2D eigenvalue weighted by Gasteiger charge is 2.28. The fraction of sp³-hybridized carbons (Fsp3) is 0.429. The van der Waals surface area contributed by atoms with Gasteiger partial charge < -0.3 is 14.7 Å². The summed E-state index contributed by atoms with van der Waals surface area (Å²) in [6.07, 6.45) is 1.33. The number of halogens is 1. The quantitative estimate of drug-likeness (QED) is 0.923. The first kappa shape index (κ1) is 14.7. The van der Waals surface area contributed by atoms with Gasteiger partial charge in [-0.3, -0.25) is 9.59 Å². The largest absolute Gasteiger partial charge is 0.484 e. The second-order valence-corrected chi connectivity index (χ2v) is 5.20. The van der Waals surface area contributed by atoms with Gasteiger partial charge in [-0.1, -0.05) is 17.7 Å². The van der Waals surface area contributed by atoms with Gasteiger partial charge in [0.2, 0.25) is 0 Å². The smallest absolute Gasteiger partial charge is 0.308 e. The first-order chi connectivity index (χ1) is 9.56. The lowest BCUT2D eigenvalue weighted by molar-refractivity contribution is -0.146. The highest BCUT2D eigenvalue weighted by molar-refractivity contribution is 6.30. The molecule has 0 spiro atoms. The average molecular weight is 298 g/mol. The molecule has 1 aromatic rings. The molecule has 1 saturated heterocycles. The lowest BCUT2D eigenvalue weighted by Gasteiger charge is -2.30. The van der Waals surface area contributed by atoms with Gasteiger partial charge in [0, 0.05) is 18.1 Å². The Morgan fingerprint density at radius 2 is 2.25 bits per heavy atom. The lowest BCUT2D eigenvalue weighted by atomic mass is 9.98. The molecule has 1 aliphatic rings. The summed E-state index contributed by atoms with van der Waals surface area (Å²) in [5.41, 5.74) is 0. The molecule has 5 nitrogen and oxygen atoms in total. The van der Waals surface area contributed by atoms with E-state index in [9.17, 15) is 9.59 Å². The van der Waals surface area contributed by atoms with E-state index in [1.54, 1.807) is 29.2 Å². The molecule has 1 N–H and O–H groups in total. The van der Waals surface area contributed by atoms with E-state index in [2.05, 4.69) is 0 Å². The molecule has 0 bridgehead atoms. The van der Waals surface area contributed by atoms with E-state index in [4.69, 9.17) is 21.4 Å². The highest BCUT2D eigenvalue weighted by atomic mass is 35.5. The molecule has 6 heteroatoms. The van der Waals surface area contributed by atoms with Crippen LogP contribution in [0.15, 0.2) is 24.3 Å². The van der Waals surface area contributed by atoms with Crippen molar-refractivity contribution in [2.75, 3.05) is 19.7 Å². The number of hydrogen-bond donors (Lipinski definition) is 1. The zero-order chi connectivity index (χ0) is 14.5. The van der Waals surface area contributed by atoms with Crippen LogP contribution in [0.4, 0.5) is 0 Å². The lowest BCUT2D eigenvalue weighted by Crippen LogP contribution is -2.44. The van der Waals surface area contributed by atoms with Crippen LogP contribution in [0.1, 0.15) is 12.8 Å². The van der Waals surface area contributed by atoms with E-state index in [1.807, 2.05) is 0 Å². The number of ether oxygens (including phenoxy) is 1. The number of carbonyl (C=O) groups is 2. The number of likely N-dealkylation sites (tertiary alicyclic amines) is 1. The minimum Gasteiger partial charge on any atom is -0.484 e. The third-order valence-corrected chi connectivity index (χ3v) is 3.52. The number of piperidine rings is 1. The van der Waals surface area contributed by atoms with Crippen LogP contribution in [-0.2, 0) is 9.59 Å². The molecule has 0 radical (unpaired) electrons. The number of hydrogen-bond acceptors (Lipinski definition) is 3. The van der Waals surface area contributed by atoms with Crippen molar-refractivity contribution in [1.82, 2.24) is 4.90 Å². The summed E-state index contributed by atoms with van der Waals surface area (Å²) in [6, 6.07) is 6.81. The van der Waals surface area contributed by atoms with Gasteiger partial charge in [0.15, 0.2) is 6.61 Å². The minimum atomic E-state index is -0.849. The van der Waals surface area contributed by atoms with Crippen molar-refractivity contribution >= 4 is 23.5 Å². The SMILES string of the molecule is O=C(O)C1CCCN(C(=O)COc2cccc(Cl)c2)C1. The van der Waals surface area contributed by atoms with Crippen LogP contribution >= 0.6 is 11.6 Å². The summed E-state index contributed by atoms with van der Waals surface area (Å²) in [6.45, 7) is 0.737. The Balaban J connectivity index is 1.87. The van der Waals surface area contributed by atoms with E-state index in [0.29, 0.717) is 30.2 Å². The summed E-state index contributed by atoms with van der Waals surface area (Å²) in [4.78, 5) is 24.5. The van der Waals surface area contributed by atoms with Crippen molar-refractivity contribution in [2.24, 2.45) is 5.92 Å². The van der Waals surface area contributed by atoms with Crippen LogP contribution < -0.4 is 4.74 Å². The molecule has 1 unspecified atom stereocenters. The Hall–Kier alpha value is -1.75. The molecule has 0 aliphatic carbocycles. The van der Waals surface area contributed by atoms with E-state index in [1.165, 1.54) is 0 Å². The van der Waals surface area contributed by atoms with E-state index < -0.39 is 11.9 Å². The number of carboxylic acids is 1. The monoisotopic (exact) mass is 297 g/mol. The first-order valence-corrected chi connectivity index (χ1v) is 6.83. The normalized spacial score (nSPS) is 18.6. The van der Waals surface area contributed by atoms with Crippen molar-refractivity contribution in [3.8, 4) is 5.75 Å². The van der Waals surface area contributed by atoms with Crippen molar-refractivity contribution < 1.29 is 19.4 Å². The number of carbonyl (C=O) groups excluding carboxylic acids is 1. The Morgan fingerprint density at radius 1 is 1.45 bits per heavy atom. The molecule has 0 aromatic heterocycles. The Morgan fingerprint density at radius 3 is 2.95 bits per heavy atom. The minimum absolute atomic E-state index is 0.104. The molecule has 108 valence electrons. The van der Waals surface area contributed by atoms with Crippen LogP contribution in [0.5, 0.6) is 5.75 Å². The van der Waals surface area contributed by atoms with Crippen molar-refractivity contribution in [3.05, 3.63) is 29.3 Å². The van der Waals surface area contributed by atoms with Crippen LogP contribution in [0.3, 0.4) is 0 Å². The Kier molecular flexibility index (Phi) is 4.84. The maximum absolute atomic E-state index is 12.0. The first-order valence-electron chi connectivity index (χ1n) is 6.45. The molecule has 20 heavy (non-hydrogen) atoms. The summed E-state index contributed by atoms with van der Waals surface area (Å²) in [5.74, 6) is -0.995. The van der Waals surface area contributed by atoms with Crippen LogP contribution in [0, 0.1) is 5.92 Å². The number of nitrogens with zero attached hydrogens (tertiary/aromatic N) is 1. The maximum Gasteiger partial charge on any atom is 0.308 e. The molecule has 1 aromatic carbocycles.